The first-order valence-electron chi connectivity index (χ1n) is 10.2. The van der Waals surface area contributed by atoms with Crippen molar-refractivity contribution in [2.24, 2.45) is 0 Å². The Kier molecular flexibility index (Phi) is 6.13. The van der Waals surface area contributed by atoms with Crippen molar-refractivity contribution in [2.45, 2.75) is 25.9 Å². The molecule has 4 rings (SSSR count). The molecule has 3 aromatic rings. The molecule has 1 fully saturated rings. The van der Waals surface area contributed by atoms with E-state index in [1.165, 1.54) is 6.07 Å². The topological polar surface area (TPSA) is 94.8 Å². The number of carbonyl (C=O) groups excluding carboxylic acids is 2. The number of para-hydroxylation sites is 1. The van der Waals surface area contributed by atoms with Gasteiger partial charge in [-0.25, -0.2) is 4.79 Å². The third-order valence-corrected chi connectivity index (χ3v) is 5.29. The van der Waals surface area contributed by atoms with Gasteiger partial charge in [0.2, 0.25) is 0 Å². The van der Waals surface area contributed by atoms with E-state index in [9.17, 15) is 14.4 Å². The highest BCUT2D eigenvalue weighted by Crippen LogP contribution is 2.27. The van der Waals surface area contributed by atoms with Crippen molar-refractivity contribution < 1.29 is 23.5 Å². The van der Waals surface area contributed by atoms with Crippen molar-refractivity contribution in [3.63, 3.8) is 0 Å². The molecule has 0 unspecified atom stereocenters. The highest BCUT2D eigenvalue weighted by atomic mass is 16.5. The van der Waals surface area contributed by atoms with Crippen LogP contribution in [0.15, 0.2) is 57.7 Å². The predicted molar refractivity (Wildman–Crippen MR) is 115 cm³/mol. The molecule has 1 atom stereocenters. The van der Waals surface area contributed by atoms with Crippen LogP contribution >= 0.6 is 0 Å². The molecule has 31 heavy (non-hydrogen) atoms. The van der Waals surface area contributed by atoms with Crippen molar-refractivity contribution in [3.8, 4) is 11.3 Å². The van der Waals surface area contributed by atoms with Gasteiger partial charge in [-0.15, -0.1) is 0 Å². The van der Waals surface area contributed by atoms with Crippen LogP contribution in [0.25, 0.3) is 22.3 Å². The Bertz CT molecular complexity index is 1160. The molecule has 1 N–H and O–H groups in total. The maximum atomic E-state index is 12.9. The van der Waals surface area contributed by atoms with Crippen molar-refractivity contribution >= 4 is 22.8 Å². The summed E-state index contributed by atoms with van der Waals surface area (Å²) in [4.78, 5) is 37.6. The molecule has 7 nitrogen and oxygen atoms in total. The van der Waals surface area contributed by atoms with Gasteiger partial charge in [0.05, 0.1) is 11.5 Å². The maximum Gasteiger partial charge on any atom is 0.342 e. The molecule has 2 heterocycles. The average Bonchev–Trinajstić information content (AvgIpc) is 3.32. The van der Waals surface area contributed by atoms with Gasteiger partial charge in [0, 0.05) is 24.3 Å². The lowest BCUT2D eigenvalue weighted by atomic mass is 10.0. The SMILES string of the molecule is Cc1c(-c2ccccc2)oc2c(C(=O)OCC(=O)NC[C@@H]3CCCO3)cccc2c1=O. The summed E-state index contributed by atoms with van der Waals surface area (Å²) in [6, 6.07) is 13.9. The second-order valence-corrected chi connectivity index (χ2v) is 7.45. The summed E-state index contributed by atoms with van der Waals surface area (Å²) in [5.41, 5.74) is 1.21. The normalized spacial score (nSPS) is 15.7. The Labute approximate surface area is 179 Å². The lowest BCUT2D eigenvalue weighted by Crippen LogP contribution is -2.34. The zero-order valence-electron chi connectivity index (χ0n) is 17.2. The van der Waals surface area contributed by atoms with Crippen molar-refractivity contribution in [3.05, 3.63) is 69.9 Å². The van der Waals surface area contributed by atoms with Crippen molar-refractivity contribution in [1.29, 1.82) is 0 Å². The second kappa shape index (κ2) is 9.14. The van der Waals surface area contributed by atoms with Gasteiger partial charge in [0.15, 0.2) is 17.6 Å². The largest absolute Gasteiger partial charge is 0.455 e. The molecule has 1 amide bonds. The zero-order chi connectivity index (χ0) is 21.8. The molecule has 0 bridgehead atoms. The first-order chi connectivity index (χ1) is 15.0. The summed E-state index contributed by atoms with van der Waals surface area (Å²) >= 11 is 0. The number of amides is 1. The lowest BCUT2D eigenvalue weighted by molar-refractivity contribution is -0.124. The van der Waals surface area contributed by atoms with Crippen LogP contribution in [0.5, 0.6) is 0 Å². The van der Waals surface area contributed by atoms with E-state index < -0.39 is 18.5 Å². The molecule has 0 aliphatic carbocycles. The molecular formula is C24H23NO6. The predicted octanol–water partition coefficient (Wildman–Crippen LogP) is 3.22. The highest BCUT2D eigenvalue weighted by molar-refractivity contribution is 6.02. The average molecular weight is 421 g/mol. The van der Waals surface area contributed by atoms with Crippen LogP contribution in [0.1, 0.15) is 28.8 Å². The number of benzene rings is 2. The van der Waals surface area contributed by atoms with Crippen LogP contribution in [-0.2, 0) is 14.3 Å². The van der Waals surface area contributed by atoms with Crippen molar-refractivity contribution in [1.82, 2.24) is 5.32 Å². The van der Waals surface area contributed by atoms with Gasteiger partial charge in [-0.3, -0.25) is 9.59 Å². The van der Waals surface area contributed by atoms with Crippen LogP contribution in [0.4, 0.5) is 0 Å². The summed E-state index contributed by atoms with van der Waals surface area (Å²) in [6.45, 7) is 2.35. The van der Waals surface area contributed by atoms with E-state index in [-0.39, 0.29) is 28.1 Å². The Morgan fingerprint density at radius 3 is 2.68 bits per heavy atom. The fraction of sp³-hybridized carbons (Fsp3) is 0.292. The van der Waals surface area contributed by atoms with Gasteiger partial charge >= 0.3 is 5.97 Å². The summed E-state index contributed by atoms with van der Waals surface area (Å²) in [7, 11) is 0. The first kappa shape index (κ1) is 20.8. The smallest absolute Gasteiger partial charge is 0.342 e. The van der Waals surface area contributed by atoms with Crippen LogP contribution in [0.3, 0.4) is 0 Å². The monoisotopic (exact) mass is 421 g/mol. The molecule has 7 heteroatoms. The van der Waals surface area contributed by atoms with Gasteiger partial charge in [-0.2, -0.15) is 0 Å². The number of esters is 1. The van der Waals surface area contributed by atoms with Crippen molar-refractivity contribution in [2.75, 3.05) is 19.8 Å². The fourth-order valence-corrected chi connectivity index (χ4v) is 3.63. The standard InChI is InChI=1S/C24H23NO6/c1-15-21(27)18-10-5-11-19(23(18)31-22(15)16-7-3-2-4-8-16)24(28)30-14-20(26)25-13-17-9-6-12-29-17/h2-5,7-8,10-11,17H,6,9,12-14H2,1H3,(H,25,26)/t17-/m0/s1. The molecule has 1 aliphatic heterocycles. The number of rotatable bonds is 6. The fourth-order valence-electron chi connectivity index (χ4n) is 3.63. The van der Waals surface area contributed by atoms with Gasteiger partial charge in [0.1, 0.15) is 11.3 Å². The molecule has 2 aromatic carbocycles. The van der Waals surface area contributed by atoms with E-state index in [0.717, 1.165) is 18.4 Å². The summed E-state index contributed by atoms with van der Waals surface area (Å²) in [5, 5.41) is 2.99. The Hall–Kier alpha value is -3.45. The maximum absolute atomic E-state index is 12.9. The third-order valence-electron chi connectivity index (χ3n) is 5.29. The Morgan fingerprint density at radius 2 is 1.94 bits per heavy atom. The second-order valence-electron chi connectivity index (χ2n) is 7.45. The van der Waals surface area contributed by atoms with E-state index in [1.54, 1.807) is 19.1 Å². The third kappa shape index (κ3) is 4.51. The van der Waals surface area contributed by atoms with Gasteiger partial charge in [-0.05, 0) is 31.9 Å². The minimum absolute atomic E-state index is 0.00615. The Morgan fingerprint density at radius 1 is 1.13 bits per heavy atom. The number of fused-ring (bicyclic) bond motifs is 1. The van der Waals surface area contributed by atoms with Crippen LogP contribution in [0.2, 0.25) is 0 Å². The quantitative estimate of drug-likeness (QED) is 0.614. The molecule has 0 saturated carbocycles. The summed E-state index contributed by atoms with van der Waals surface area (Å²) in [5.74, 6) is -0.747. The summed E-state index contributed by atoms with van der Waals surface area (Å²) in [6.07, 6.45) is 1.89. The van der Waals surface area contributed by atoms with Gasteiger partial charge in [-0.1, -0.05) is 36.4 Å². The van der Waals surface area contributed by atoms with Gasteiger partial charge < -0.3 is 19.2 Å². The lowest BCUT2D eigenvalue weighted by Gasteiger charge is -2.12. The number of hydrogen-bond acceptors (Lipinski definition) is 6. The van der Waals surface area contributed by atoms with Gasteiger partial charge in [0.25, 0.3) is 5.91 Å². The minimum Gasteiger partial charge on any atom is -0.455 e. The minimum atomic E-state index is -0.733. The van der Waals surface area contributed by atoms with Crippen LogP contribution in [0, 0.1) is 6.92 Å². The molecule has 1 aromatic heterocycles. The van der Waals surface area contributed by atoms with E-state index in [1.807, 2.05) is 30.3 Å². The molecule has 160 valence electrons. The number of carbonyl (C=O) groups is 2. The molecular weight excluding hydrogens is 398 g/mol. The molecule has 0 spiro atoms. The number of hydrogen-bond donors (Lipinski definition) is 1. The van der Waals surface area contributed by atoms with E-state index >= 15 is 0 Å². The highest BCUT2D eigenvalue weighted by Gasteiger charge is 2.21. The molecule has 1 saturated heterocycles. The van der Waals surface area contributed by atoms with E-state index in [2.05, 4.69) is 5.32 Å². The van der Waals surface area contributed by atoms with Crippen LogP contribution < -0.4 is 10.7 Å². The molecule has 1 aliphatic rings. The van der Waals surface area contributed by atoms with E-state index in [0.29, 0.717) is 24.5 Å². The molecule has 0 radical (unpaired) electrons. The zero-order valence-corrected chi connectivity index (χ0v) is 17.2. The Balaban J connectivity index is 1.55. The number of ether oxygens (including phenoxy) is 2. The van der Waals surface area contributed by atoms with Crippen LogP contribution in [-0.4, -0.2) is 37.7 Å². The first-order valence-corrected chi connectivity index (χ1v) is 10.2. The van der Waals surface area contributed by atoms with E-state index in [4.69, 9.17) is 13.9 Å². The summed E-state index contributed by atoms with van der Waals surface area (Å²) < 4.78 is 16.6. The number of nitrogens with one attached hydrogen (secondary N) is 1.